The molecule has 0 bridgehead atoms. The van der Waals surface area contributed by atoms with E-state index >= 15 is 0 Å². The number of carbonyl (C=O) groups is 1. The number of carbonyl (C=O) groups excluding carboxylic acids is 1. The van der Waals surface area contributed by atoms with Crippen LogP contribution in [0.4, 0.5) is 20.7 Å². The normalized spacial score (nSPS) is 16.4. The largest absolute Gasteiger partial charge is 0.474 e. The maximum Gasteiger partial charge on any atom is 0.414 e. The average Bonchev–Trinajstić information content (AvgIpc) is 3.26. The van der Waals surface area contributed by atoms with E-state index in [1.165, 1.54) is 28.1 Å². The van der Waals surface area contributed by atoms with Gasteiger partial charge in [0, 0.05) is 12.3 Å². The van der Waals surface area contributed by atoms with Crippen LogP contribution in [-0.4, -0.2) is 39.9 Å². The van der Waals surface area contributed by atoms with Crippen molar-refractivity contribution in [2.75, 3.05) is 23.8 Å². The zero-order valence-electron chi connectivity index (χ0n) is 14.2. The van der Waals surface area contributed by atoms with E-state index in [0.29, 0.717) is 11.6 Å². The highest BCUT2D eigenvalue weighted by Crippen LogP contribution is 2.26. The van der Waals surface area contributed by atoms with E-state index in [9.17, 15) is 9.18 Å². The first kappa shape index (κ1) is 16.8. The van der Waals surface area contributed by atoms with Gasteiger partial charge in [-0.1, -0.05) is 6.07 Å². The van der Waals surface area contributed by atoms with Gasteiger partial charge >= 0.3 is 6.09 Å². The highest BCUT2D eigenvalue weighted by atomic mass is 19.1. The van der Waals surface area contributed by atoms with Crippen LogP contribution in [0, 0.1) is 5.82 Å². The van der Waals surface area contributed by atoms with E-state index in [-0.39, 0.29) is 24.7 Å². The third kappa shape index (κ3) is 3.52. The molecular formula is C18H16FN5O3. The number of nitrogens with zero attached hydrogens (tertiary/aromatic N) is 4. The number of amides is 1. The number of ether oxygens (including phenoxy) is 2. The Hall–Kier alpha value is -3.62. The SMILES string of the molecule is Nc1cn(-c2ccc(N3C[C@H](COc4ccccn4)OC3=O)cc2F)cn1. The van der Waals surface area contributed by atoms with Gasteiger partial charge in [0.2, 0.25) is 5.88 Å². The molecule has 0 unspecified atom stereocenters. The summed E-state index contributed by atoms with van der Waals surface area (Å²) in [4.78, 5) is 21.4. The first-order valence-corrected chi connectivity index (χ1v) is 8.21. The number of imidazole rings is 1. The molecule has 1 saturated heterocycles. The molecule has 1 fully saturated rings. The van der Waals surface area contributed by atoms with E-state index in [2.05, 4.69) is 9.97 Å². The van der Waals surface area contributed by atoms with Gasteiger partial charge in [-0.15, -0.1) is 0 Å². The molecule has 4 rings (SSSR count). The number of nitrogens with two attached hydrogens (primary N) is 1. The second-order valence-corrected chi connectivity index (χ2v) is 5.94. The highest BCUT2D eigenvalue weighted by Gasteiger charge is 2.33. The number of nitrogen functional groups attached to an aromatic ring is 1. The summed E-state index contributed by atoms with van der Waals surface area (Å²) in [5, 5.41) is 0. The minimum Gasteiger partial charge on any atom is -0.474 e. The van der Waals surface area contributed by atoms with Crippen LogP contribution in [0.1, 0.15) is 0 Å². The van der Waals surface area contributed by atoms with Gasteiger partial charge in [0.25, 0.3) is 0 Å². The fourth-order valence-electron chi connectivity index (χ4n) is 2.77. The molecule has 3 heterocycles. The van der Waals surface area contributed by atoms with E-state index in [1.807, 2.05) is 0 Å². The molecule has 2 N–H and O–H groups in total. The molecule has 1 atom stereocenters. The maximum absolute atomic E-state index is 14.5. The average molecular weight is 369 g/mol. The number of hydrogen-bond acceptors (Lipinski definition) is 6. The lowest BCUT2D eigenvalue weighted by Gasteiger charge is -2.14. The van der Waals surface area contributed by atoms with Gasteiger partial charge in [-0.3, -0.25) is 4.90 Å². The molecule has 2 aromatic heterocycles. The number of halogens is 1. The van der Waals surface area contributed by atoms with Crippen molar-refractivity contribution in [3.63, 3.8) is 0 Å². The van der Waals surface area contributed by atoms with Gasteiger partial charge in [-0.05, 0) is 24.3 Å². The molecule has 3 aromatic rings. The molecular weight excluding hydrogens is 353 g/mol. The lowest BCUT2D eigenvalue weighted by molar-refractivity contribution is 0.103. The second-order valence-electron chi connectivity index (χ2n) is 5.94. The molecule has 0 spiro atoms. The van der Waals surface area contributed by atoms with Gasteiger partial charge in [0.15, 0.2) is 6.10 Å². The Balaban J connectivity index is 1.45. The Morgan fingerprint density at radius 3 is 2.89 bits per heavy atom. The van der Waals surface area contributed by atoms with Gasteiger partial charge < -0.3 is 19.8 Å². The molecule has 8 nitrogen and oxygen atoms in total. The summed E-state index contributed by atoms with van der Waals surface area (Å²) in [7, 11) is 0. The first-order chi connectivity index (χ1) is 13.1. The van der Waals surface area contributed by atoms with Gasteiger partial charge in [-0.2, -0.15) is 0 Å². The van der Waals surface area contributed by atoms with Crippen LogP contribution in [0.3, 0.4) is 0 Å². The van der Waals surface area contributed by atoms with Crippen molar-refractivity contribution < 1.29 is 18.7 Å². The van der Waals surface area contributed by atoms with Crippen LogP contribution < -0.4 is 15.4 Å². The van der Waals surface area contributed by atoms with Crippen molar-refractivity contribution in [1.29, 1.82) is 0 Å². The Bertz CT molecular complexity index is 963. The first-order valence-electron chi connectivity index (χ1n) is 8.21. The van der Waals surface area contributed by atoms with E-state index in [0.717, 1.165) is 0 Å². The third-order valence-electron chi connectivity index (χ3n) is 4.05. The summed E-state index contributed by atoms with van der Waals surface area (Å²) in [5.74, 6) is 0.227. The highest BCUT2D eigenvalue weighted by molar-refractivity contribution is 5.89. The number of aromatic nitrogens is 3. The molecule has 138 valence electrons. The van der Waals surface area contributed by atoms with Crippen molar-refractivity contribution in [3.05, 3.63) is 60.9 Å². The standard InChI is InChI=1S/C18H16FN5O3/c19-14-7-12(4-5-15(14)23-9-16(20)22-11-23)24-8-13(27-18(24)25)10-26-17-3-1-2-6-21-17/h1-7,9,11,13H,8,10,20H2/t13-/m1/s1. The fourth-order valence-corrected chi connectivity index (χ4v) is 2.77. The van der Waals surface area contributed by atoms with Gasteiger partial charge in [-0.25, -0.2) is 19.2 Å². The monoisotopic (exact) mass is 369 g/mol. The number of pyridine rings is 1. The van der Waals surface area contributed by atoms with E-state index in [1.54, 1.807) is 36.5 Å². The molecule has 27 heavy (non-hydrogen) atoms. The Morgan fingerprint density at radius 1 is 1.30 bits per heavy atom. The molecule has 9 heteroatoms. The Kier molecular flexibility index (Phi) is 4.33. The Labute approximate surface area is 154 Å². The summed E-state index contributed by atoms with van der Waals surface area (Å²) in [6.07, 6.45) is 3.51. The lowest BCUT2D eigenvalue weighted by atomic mass is 10.2. The summed E-state index contributed by atoms with van der Waals surface area (Å²) in [6, 6.07) is 9.75. The van der Waals surface area contributed by atoms with Crippen LogP contribution in [0.5, 0.6) is 5.88 Å². The maximum atomic E-state index is 14.5. The Morgan fingerprint density at radius 2 is 2.19 bits per heavy atom. The van der Waals surface area contributed by atoms with Crippen LogP contribution in [0.25, 0.3) is 5.69 Å². The quantitative estimate of drug-likeness (QED) is 0.742. The number of benzene rings is 1. The van der Waals surface area contributed by atoms with Crippen molar-refractivity contribution in [1.82, 2.24) is 14.5 Å². The topological polar surface area (TPSA) is 95.5 Å². The molecule has 0 saturated carbocycles. The van der Waals surface area contributed by atoms with E-state index < -0.39 is 18.0 Å². The number of hydrogen-bond donors (Lipinski definition) is 1. The molecule has 0 aliphatic carbocycles. The molecule has 1 aliphatic heterocycles. The van der Waals surface area contributed by atoms with Crippen LogP contribution in [0.15, 0.2) is 55.1 Å². The number of rotatable bonds is 5. The van der Waals surface area contributed by atoms with E-state index in [4.69, 9.17) is 15.2 Å². The number of anilines is 2. The van der Waals surface area contributed by atoms with Crippen molar-refractivity contribution in [3.8, 4) is 11.6 Å². The van der Waals surface area contributed by atoms with Gasteiger partial charge in [0.1, 0.15) is 24.6 Å². The minimum absolute atomic E-state index is 0.161. The van der Waals surface area contributed by atoms with Crippen molar-refractivity contribution in [2.24, 2.45) is 0 Å². The zero-order valence-corrected chi connectivity index (χ0v) is 14.2. The summed E-state index contributed by atoms with van der Waals surface area (Å²) in [6.45, 7) is 0.413. The molecule has 1 amide bonds. The molecule has 0 radical (unpaired) electrons. The molecule has 1 aromatic carbocycles. The third-order valence-corrected chi connectivity index (χ3v) is 4.05. The van der Waals surface area contributed by atoms with Crippen LogP contribution in [0.2, 0.25) is 0 Å². The van der Waals surface area contributed by atoms with Crippen molar-refractivity contribution in [2.45, 2.75) is 6.10 Å². The van der Waals surface area contributed by atoms with Crippen LogP contribution >= 0.6 is 0 Å². The summed E-state index contributed by atoms with van der Waals surface area (Å²) in [5.41, 5.74) is 6.24. The number of cyclic esters (lactones) is 1. The lowest BCUT2D eigenvalue weighted by Crippen LogP contribution is -2.26. The minimum atomic E-state index is -0.552. The van der Waals surface area contributed by atoms with Crippen LogP contribution in [-0.2, 0) is 4.74 Å². The summed E-state index contributed by atoms with van der Waals surface area (Å²) >= 11 is 0. The molecule has 1 aliphatic rings. The summed E-state index contributed by atoms with van der Waals surface area (Å²) < 4.78 is 26.8. The fraction of sp³-hybridized carbons (Fsp3) is 0.167. The zero-order chi connectivity index (χ0) is 18.8. The predicted octanol–water partition coefficient (Wildman–Crippen LogP) is 2.39. The second kappa shape index (κ2) is 6.94. The van der Waals surface area contributed by atoms with Crippen molar-refractivity contribution >= 4 is 17.6 Å². The van der Waals surface area contributed by atoms with Gasteiger partial charge in [0.05, 0.1) is 24.1 Å². The smallest absolute Gasteiger partial charge is 0.414 e. The predicted molar refractivity (Wildman–Crippen MR) is 95.3 cm³/mol.